The Bertz CT molecular complexity index is 194. The van der Waals surface area contributed by atoms with Crippen LogP contribution in [-0.2, 0) is 4.79 Å². The number of carbonyl (C=O) groups excluding carboxylic acids is 1. The van der Waals surface area contributed by atoms with E-state index in [4.69, 9.17) is 10.2 Å². The maximum absolute atomic E-state index is 11.6. The summed E-state index contributed by atoms with van der Waals surface area (Å²) in [5.41, 5.74) is 0. The van der Waals surface area contributed by atoms with Crippen LogP contribution in [0.25, 0.3) is 0 Å². The van der Waals surface area contributed by atoms with Crippen molar-refractivity contribution >= 4 is 5.91 Å². The van der Waals surface area contributed by atoms with E-state index in [-0.39, 0.29) is 31.1 Å². The fourth-order valence-electron chi connectivity index (χ4n) is 1.67. The molecule has 1 amide bonds. The van der Waals surface area contributed by atoms with Crippen molar-refractivity contribution in [2.75, 3.05) is 19.8 Å². The van der Waals surface area contributed by atoms with E-state index in [0.717, 1.165) is 13.0 Å². The normalized spacial score (nSPS) is 26.9. The van der Waals surface area contributed by atoms with Crippen LogP contribution in [0, 0.1) is 5.92 Å². The number of hydrogen-bond donors (Lipinski definition) is 4. The summed E-state index contributed by atoms with van der Waals surface area (Å²) in [5, 5.41) is 23.4. The molecular weight excluding hydrogens is 184 g/mol. The van der Waals surface area contributed by atoms with Crippen LogP contribution < -0.4 is 10.6 Å². The second-order valence-corrected chi connectivity index (χ2v) is 3.71. The first-order chi connectivity index (χ1) is 6.69. The third kappa shape index (κ3) is 2.67. The quantitative estimate of drug-likeness (QED) is 0.445. The molecule has 5 heteroatoms. The summed E-state index contributed by atoms with van der Waals surface area (Å²) in [6.45, 7) is 2.36. The van der Waals surface area contributed by atoms with Crippen LogP contribution in [-0.4, -0.2) is 48.0 Å². The highest BCUT2D eigenvalue weighted by Gasteiger charge is 2.30. The number of rotatable bonds is 4. The van der Waals surface area contributed by atoms with Crippen molar-refractivity contribution in [3.8, 4) is 0 Å². The Labute approximate surface area is 83.5 Å². The maximum Gasteiger partial charge on any atom is 0.225 e. The summed E-state index contributed by atoms with van der Waals surface area (Å²) >= 11 is 0. The minimum absolute atomic E-state index is 0.0457. The highest BCUT2D eigenvalue weighted by molar-refractivity contribution is 5.80. The van der Waals surface area contributed by atoms with Crippen molar-refractivity contribution in [2.45, 2.75) is 25.4 Å². The molecule has 1 fully saturated rings. The zero-order valence-electron chi connectivity index (χ0n) is 8.36. The second-order valence-electron chi connectivity index (χ2n) is 3.71. The molecule has 1 saturated heterocycles. The largest absolute Gasteiger partial charge is 0.394 e. The number of aliphatic hydroxyl groups is 2. The minimum atomic E-state index is -0.532. The lowest BCUT2D eigenvalue weighted by molar-refractivity contribution is -0.126. The lowest BCUT2D eigenvalue weighted by atomic mass is 10.0. The van der Waals surface area contributed by atoms with Crippen molar-refractivity contribution in [2.24, 2.45) is 5.92 Å². The smallest absolute Gasteiger partial charge is 0.225 e. The fraction of sp³-hybridized carbons (Fsp3) is 0.889. The van der Waals surface area contributed by atoms with Gasteiger partial charge < -0.3 is 20.8 Å². The molecule has 0 spiro atoms. The number of amides is 1. The van der Waals surface area contributed by atoms with Crippen LogP contribution in [0.2, 0.25) is 0 Å². The van der Waals surface area contributed by atoms with Gasteiger partial charge in [0, 0.05) is 6.04 Å². The highest BCUT2D eigenvalue weighted by atomic mass is 16.3. The van der Waals surface area contributed by atoms with Crippen LogP contribution in [0.4, 0.5) is 0 Å². The number of aliphatic hydroxyl groups excluding tert-OH is 2. The van der Waals surface area contributed by atoms with Gasteiger partial charge in [-0.25, -0.2) is 0 Å². The average Bonchev–Trinajstić information content (AvgIpc) is 2.60. The van der Waals surface area contributed by atoms with Crippen LogP contribution >= 0.6 is 0 Å². The van der Waals surface area contributed by atoms with E-state index in [1.165, 1.54) is 0 Å². The molecule has 14 heavy (non-hydrogen) atoms. The van der Waals surface area contributed by atoms with Crippen LogP contribution in [0.15, 0.2) is 0 Å². The van der Waals surface area contributed by atoms with Crippen molar-refractivity contribution in [1.29, 1.82) is 0 Å². The Morgan fingerprint density at radius 2 is 2.21 bits per heavy atom. The first kappa shape index (κ1) is 11.4. The monoisotopic (exact) mass is 202 g/mol. The van der Waals surface area contributed by atoms with E-state index < -0.39 is 6.04 Å². The first-order valence-electron chi connectivity index (χ1n) is 4.94. The number of hydrogen-bond acceptors (Lipinski definition) is 4. The highest BCUT2D eigenvalue weighted by Crippen LogP contribution is 2.14. The summed E-state index contributed by atoms with van der Waals surface area (Å²) < 4.78 is 0. The summed E-state index contributed by atoms with van der Waals surface area (Å²) in [5.74, 6) is -0.133. The van der Waals surface area contributed by atoms with Crippen LogP contribution in [0.5, 0.6) is 0 Å². The van der Waals surface area contributed by atoms with Gasteiger partial charge in [-0.3, -0.25) is 4.79 Å². The molecule has 0 aromatic carbocycles. The molecular formula is C9H18N2O3. The van der Waals surface area contributed by atoms with E-state index in [1.54, 1.807) is 0 Å². The van der Waals surface area contributed by atoms with Crippen LogP contribution in [0.1, 0.15) is 13.3 Å². The van der Waals surface area contributed by atoms with E-state index in [1.807, 2.05) is 6.92 Å². The van der Waals surface area contributed by atoms with E-state index in [2.05, 4.69) is 10.6 Å². The van der Waals surface area contributed by atoms with Gasteiger partial charge in [0.2, 0.25) is 5.91 Å². The van der Waals surface area contributed by atoms with Gasteiger partial charge in [-0.05, 0) is 19.9 Å². The van der Waals surface area contributed by atoms with Gasteiger partial charge in [0.15, 0.2) is 0 Å². The molecule has 1 heterocycles. The molecule has 0 aromatic heterocycles. The second kappa shape index (κ2) is 5.29. The molecule has 1 rings (SSSR count). The Balaban J connectivity index is 2.40. The number of nitrogens with one attached hydrogen (secondary N) is 2. The fourth-order valence-corrected chi connectivity index (χ4v) is 1.67. The molecule has 0 bridgehead atoms. The molecule has 0 saturated carbocycles. The molecule has 4 N–H and O–H groups in total. The Kier molecular flexibility index (Phi) is 4.31. The molecule has 82 valence electrons. The first-order valence-corrected chi connectivity index (χ1v) is 4.94. The summed E-state index contributed by atoms with van der Waals surface area (Å²) in [6, 6.07) is -0.358. The van der Waals surface area contributed by atoms with Crippen molar-refractivity contribution < 1.29 is 15.0 Å². The molecule has 5 nitrogen and oxygen atoms in total. The van der Waals surface area contributed by atoms with E-state index in [9.17, 15) is 4.79 Å². The number of carbonyl (C=O) groups is 1. The van der Waals surface area contributed by atoms with Gasteiger partial charge in [-0.2, -0.15) is 0 Å². The Hall–Kier alpha value is -0.650. The van der Waals surface area contributed by atoms with Gasteiger partial charge in [-0.15, -0.1) is 0 Å². The predicted molar refractivity (Wildman–Crippen MR) is 51.7 cm³/mol. The minimum Gasteiger partial charge on any atom is -0.394 e. The lowest BCUT2D eigenvalue weighted by Crippen LogP contribution is -2.45. The van der Waals surface area contributed by atoms with Crippen molar-refractivity contribution in [3.05, 3.63) is 0 Å². The Morgan fingerprint density at radius 3 is 2.64 bits per heavy atom. The SMILES string of the molecule is CC1NCCC1C(=O)NC(CO)CO. The van der Waals surface area contributed by atoms with Crippen molar-refractivity contribution in [1.82, 2.24) is 10.6 Å². The summed E-state index contributed by atoms with van der Waals surface area (Å²) in [7, 11) is 0. The molecule has 1 aliphatic rings. The van der Waals surface area contributed by atoms with Gasteiger partial charge in [0.25, 0.3) is 0 Å². The molecule has 0 aromatic rings. The lowest BCUT2D eigenvalue weighted by Gasteiger charge is -2.19. The summed E-state index contributed by atoms with van der Waals surface area (Å²) in [4.78, 5) is 11.6. The zero-order valence-corrected chi connectivity index (χ0v) is 8.36. The van der Waals surface area contributed by atoms with E-state index in [0.29, 0.717) is 0 Å². The molecule has 2 atom stereocenters. The maximum atomic E-state index is 11.6. The van der Waals surface area contributed by atoms with Gasteiger partial charge in [0.05, 0.1) is 25.2 Å². The van der Waals surface area contributed by atoms with E-state index >= 15 is 0 Å². The third-order valence-electron chi connectivity index (χ3n) is 2.65. The topological polar surface area (TPSA) is 81.6 Å². The molecule has 0 radical (unpaired) electrons. The zero-order chi connectivity index (χ0) is 10.6. The van der Waals surface area contributed by atoms with Gasteiger partial charge >= 0.3 is 0 Å². The molecule has 1 aliphatic heterocycles. The standard InChI is InChI=1S/C9H18N2O3/c1-6-8(2-3-10-6)9(14)11-7(4-12)5-13/h6-8,10,12-13H,2-5H2,1H3,(H,11,14). The predicted octanol–water partition coefficient (Wildman–Crippen LogP) is -1.55. The van der Waals surface area contributed by atoms with Crippen molar-refractivity contribution in [3.63, 3.8) is 0 Å². The van der Waals surface area contributed by atoms with Crippen LogP contribution in [0.3, 0.4) is 0 Å². The molecule has 2 unspecified atom stereocenters. The Morgan fingerprint density at radius 1 is 1.57 bits per heavy atom. The average molecular weight is 202 g/mol. The van der Waals surface area contributed by atoms with Gasteiger partial charge in [0.1, 0.15) is 0 Å². The van der Waals surface area contributed by atoms with Gasteiger partial charge in [-0.1, -0.05) is 0 Å². The third-order valence-corrected chi connectivity index (χ3v) is 2.65. The molecule has 0 aliphatic carbocycles. The summed E-state index contributed by atoms with van der Waals surface area (Å²) in [6.07, 6.45) is 0.816.